The summed E-state index contributed by atoms with van der Waals surface area (Å²) in [5.41, 5.74) is 9.77. The predicted octanol–water partition coefficient (Wildman–Crippen LogP) is 4.85. The van der Waals surface area contributed by atoms with Crippen molar-refractivity contribution in [2.24, 2.45) is 0 Å². The predicted molar refractivity (Wildman–Crippen MR) is 80.7 cm³/mol. The quantitative estimate of drug-likeness (QED) is 0.756. The molecule has 4 heteroatoms. The summed E-state index contributed by atoms with van der Waals surface area (Å²) in [5, 5.41) is 3.34. The highest BCUT2D eigenvalue weighted by atomic mass is 79.9. The highest BCUT2D eigenvalue weighted by molar-refractivity contribution is 9.10. The lowest BCUT2D eigenvalue weighted by atomic mass is 10.2. The molecule has 0 unspecified atom stereocenters. The van der Waals surface area contributed by atoms with Crippen molar-refractivity contribution in [2.75, 3.05) is 11.1 Å². The molecule has 17 heavy (non-hydrogen) atoms. The Morgan fingerprint density at radius 1 is 1.06 bits per heavy atom. The van der Waals surface area contributed by atoms with E-state index < -0.39 is 0 Å². The van der Waals surface area contributed by atoms with E-state index in [4.69, 9.17) is 5.73 Å². The van der Waals surface area contributed by atoms with Crippen molar-refractivity contribution in [1.29, 1.82) is 0 Å². The molecule has 0 radical (unpaired) electrons. The van der Waals surface area contributed by atoms with Crippen LogP contribution in [0.15, 0.2) is 45.3 Å². The lowest BCUT2D eigenvalue weighted by Gasteiger charge is -2.13. The minimum atomic E-state index is 0.729. The smallest absolute Gasteiger partial charge is 0.0629 e. The largest absolute Gasteiger partial charge is 0.397 e. The van der Waals surface area contributed by atoms with Gasteiger partial charge in [0.15, 0.2) is 0 Å². The van der Waals surface area contributed by atoms with E-state index in [0.29, 0.717) is 0 Å². The second-order valence-corrected chi connectivity index (χ2v) is 5.54. The molecule has 2 rings (SSSR count). The fourth-order valence-corrected chi connectivity index (χ4v) is 2.25. The van der Waals surface area contributed by atoms with E-state index in [1.54, 1.807) is 0 Å². The molecule has 3 N–H and O–H groups in total. The van der Waals surface area contributed by atoms with Gasteiger partial charge in [0.1, 0.15) is 0 Å². The van der Waals surface area contributed by atoms with Gasteiger partial charge in [-0.3, -0.25) is 0 Å². The Labute approximate surface area is 117 Å². The van der Waals surface area contributed by atoms with Gasteiger partial charge >= 0.3 is 0 Å². The lowest BCUT2D eigenvalue weighted by Crippen LogP contribution is -1.98. The molecule has 0 aliphatic heterocycles. The fraction of sp³-hybridized carbons (Fsp3) is 0.0769. The number of rotatable bonds is 2. The Kier molecular flexibility index (Phi) is 3.74. The Morgan fingerprint density at radius 3 is 2.59 bits per heavy atom. The van der Waals surface area contributed by atoms with Gasteiger partial charge in [-0.25, -0.2) is 0 Å². The molecule has 0 aliphatic carbocycles. The first-order chi connectivity index (χ1) is 8.08. The van der Waals surface area contributed by atoms with Gasteiger partial charge in [0.05, 0.1) is 11.4 Å². The van der Waals surface area contributed by atoms with Crippen LogP contribution in [0.4, 0.5) is 17.1 Å². The third-order valence-electron chi connectivity index (χ3n) is 2.55. The van der Waals surface area contributed by atoms with Crippen LogP contribution < -0.4 is 11.1 Å². The Morgan fingerprint density at radius 2 is 1.82 bits per heavy atom. The third kappa shape index (κ3) is 2.82. The Hall–Kier alpha value is -1.00. The number of nitrogens with two attached hydrogens (primary N) is 1. The van der Waals surface area contributed by atoms with Crippen LogP contribution >= 0.6 is 31.9 Å². The highest BCUT2D eigenvalue weighted by Crippen LogP contribution is 2.30. The van der Waals surface area contributed by atoms with Gasteiger partial charge in [0.2, 0.25) is 0 Å². The summed E-state index contributed by atoms with van der Waals surface area (Å²) in [6.45, 7) is 2.06. The minimum absolute atomic E-state index is 0.729. The summed E-state index contributed by atoms with van der Waals surface area (Å²) in [7, 11) is 0. The molecule has 0 spiro atoms. The van der Waals surface area contributed by atoms with E-state index in [1.165, 1.54) is 0 Å². The summed E-state index contributed by atoms with van der Waals surface area (Å²) >= 11 is 6.95. The number of anilines is 3. The van der Waals surface area contributed by atoms with Crippen molar-refractivity contribution in [3.05, 3.63) is 50.9 Å². The van der Waals surface area contributed by atoms with Crippen LogP contribution in [0.3, 0.4) is 0 Å². The van der Waals surface area contributed by atoms with E-state index in [-0.39, 0.29) is 0 Å². The van der Waals surface area contributed by atoms with Crippen LogP contribution in [0.25, 0.3) is 0 Å². The number of halogens is 2. The second-order valence-electron chi connectivity index (χ2n) is 3.77. The van der Waals surface area contributed by atoms with E-state index in [1.807, 2.05) is 36.4 Å². The van der Waals surface area contributed by atoms with E-state index in [2.05, 4.69) is 44.1 Å². The summed E-state index contributed by atoms with van der Waals surface area (Å²) in [6.07, 6.45) is 0. The molecule has 2 aromatic carbocycles. The van der Waals surface area contributed by atoms with Crippen LogP contribution in [-0.2, 0) is 0 Å². The number of hydrogen-bond acceptors (Lipinski definition) is 2. The molecule has 88 valence electrons. The molecule has 0 amide bonds. The Balaban J connectivity index is 2.38. The normalized spacial score (nSPS) is 10.3. The van der Waals surface area contributed by atoms with Gasteiger partial charge in [0, 0.05) is 14.6 Å². The molecule has 0 heterocycles. The number of benzene rings is 2. The molecule has 0 aromatic heterocycles. The van der Waals surface area contributed by atoms with E-state index in [9.17, 15) is 0 Å². The van der Waals surface area contributed by atoms with Gasteiger partial charge in [-0.05, 0) is 42.8 Å². The van der Waals surface area contributed by atoms with Crippen LogP contribution in [0.2, 0.25) is 0 Å². The maximum absolute atomic E-state index is 5.93. The molecule has 0 fully saturated rings. The number of nitrogens with one attached hydrogen (secondary N) is 1. The van der Waals surface area contributed by atoms with Crippen molar-refractivity contribution in [2.45, 2.75) is 6.92 Å². The molecule has 2 nitrogen and oxygen atoms in total. The van der Waals surface area contributed by atoms with Crippen LogP contribution in [-0.4, -0.2) is 0 Å². The summed E-state index contributed by atoms with van der Waals surface area (Å²) in [4.78, 5) is 0. The van der Waals surface area contributed by atoms with Crippen LogP contribution in [0, 0.1) is 6.92 Å². The van der Waals surface area contributed by atoms with E-state index >= 15 is 0 Å². The molecule has 2 aromatic rings. The van der Waals surface area contributed by atoms with Gasteiger partial charge in [-0.2, -0.15) is 0 Å². The summed E-state index contributed by atoms with van der Waals surface area (Å²) in [5.74, 6) is 0. The zero-order valence-electron chi connectivity index (χ0n) is 9.30. The minimum Gasteiger partial charge on any atom is -0.397 e. The standard InChI is InChI=1S/C13H12Br2N2/c1-8-10(15)3-2-4-12(8)17-13-7-9(14)5-6-11(13)16/h2-7,17H,16H2,1H3. The maximum Gasteiger partial charge on any atom is 0.0629 e. The third-order valence-corrected chi connectivity index (χ3v) is 3.90. The van der Waals surface area contributed by atoms with Crippen molar-refractivity contribution >= 4 is 48.9 Å². The zero-order chi connectivity index (χ0) is 12.4. The van der Waals surface area contributed by atoms with Crippen molar-refractivity contribution in [1.82, 2.24) is 0 Å². The van der Waals surface area contributed by atoms with Crippen LogP contribution in [0.5, 0.6) is 0 Å². The van der Waals surface area contributed by atoms with E-state index in [0.717, 1.165) is 31.6 Å². The SMILES string of the molecule is Cc1c(Br)cccc1Nc1cc(Br)ccc1N. The molecule has 0 aliphatic rings. The monoisotopic (exact) mass is 354 g/mol. The average molecular weight is 356 g/mol. The molecular formula is C13H12Br2N2. The maximum atomic E-state index is 5.93. The highest BCUT2D eigenvalue weighted by Gasteiger charge is 2.04. The first-order valence-corrected chi connectivity index (χ1v) is 6.73. The summed E-state index contributed by atoms with van der Waals surface area (Å²) in [6, 6.07) is 11.8. The number of hydrogen-bond donors (Lipinski definition) is 2. The molecule has 0 saturated carbocycles. The lowest BCUT2D eigenvalue weighted by molar-refractivity contribution is 1.40. The first kappa shape index (κ1) is 12.5. The second kappa shape index (κ2) is 5.10. The molecular weight excluding hydrogens is 344 g/mol. The topological polar surface area (TPSA) is 38.0 Å². The average Bonchev–Trinajstić information content (AvgIpc) is 2.30. The van der Waals surface area contributed by atoms with Gasteiger partial charge in [-0.1, -0.05) is 37.9 Å². The molecule has 0 saturated heterocycles. The number of nitrogen functional groups attached to an aromatic ring is 1. The molecule has 0 bridgehead atoms. The van der Waals surface area contributed by atoms with Crippen LogP contribution in [0.1, 0.15) is 5.56 Å². The first-order valence-electron chi connectivity index (χ1n) is 5.15. The van der Waals surface area contributed by atoms with Gasteiger partial charge in [-0.15, -0.1) is 0 Å². The van der Waals surface area contributed by atoms with Gasteiger partial charge in [0.25, 0.3) is 0 Å². The fourth-order valence-electron chi connectivity index (χ4n) is 1.52. The van der Waals surface area contributed by atoms with Crippen molar-refractivity contribution < 1.29 is 0 Å². The molecule has 0 atom stereocenters. The zero-order valence-corrected chi connectivity index (χ0v) is 12.5. The summed E-state index contributed by atoms with van der Waals surface area (Å²) < 4.78 is 2.08. The van der Waals surface area contributed by atoms with Gasteiger partial charge < -0.3 is 11.1 Å². The van der Waals surface area contributed by atoms with Crippen molar-refractivity contribution in [3.8, 4) is 0 Å². The Bertz CT molecular complexity index is 553. The van der Waals surface area contributed by atoms with Crippen molar-refractivity contribution in [3.63, 3.8) is 0 Å².